The van der Waals surface area contributed by atoms with E-state index in [0.717, 1.165) is 86.8 Å². The van der Waals surface area contributed by atoms with Gasteiger partial charge in [0, 0.05) is 212 Å². The predicted octanol–water partition coefficient (Wildman–Crippen LogP) is 35.7. The standard InChI is InChI=1S/4C12H7Br2N.4C12H8BrN/c13-7-1-3-11-9(5-7)10-6-8(14)2-4-12(10)15-11;13-7-1-3-9-10-4-2-8(14)6-12(10)15-11(9)5-7;13-7-3-1-5-9-11(7)12-8(14)4-2-6-10(12)15-9;13-9-5-1-3-7-8-4-2-6-10(14)12(8)15-11(7)9;13-10-6-3-5-9-8-4-1-2-7-11(8)14-12(9)10;13-9-5-3-7-11-12(9)8-4-1-2-6-10(8)14-11;13-8-5-6-12-10(7-8)9-3-1-2-4-11(9)14-12;13-8-5-6-10-9-3-1-2-4-11(9)14-12(10)7-8/h4*1-6,15H;4*1-7,14H. The number of para-hydroxylation sites is 7. The number of benzene rings is 16. The molecule has 116 heavy (non-hydrogen) atoms. The van der Waals surface area contributed by atoms with Gasteiger partial charge in [-0.3, -0.25) is 0 Å². The zero-order chi connectivity index (χ0) is 79.8. The van der Waals surface area contributed by atoms with Crippen LogP contribution in [0.25, 0.3) is 174 Å². The van der Waals surface area contributed by atoms with Gasteiger partial charge in [0.2, 0.25) is 0 Å². The zero-order valence-corrected chi connectivity index (χ0v) is 79.6. The van der Waals surface area contributed by atoms with Crippen LogP contribution in [-0.4, -0.2) is 39.9 Å². The van der Waals surface area contributed by atoms with Gasteiger partial charge in [0.05, 0.1) is 16.6 Å². The number of fused-ring (bicyclic) bond motifs is 24. The summed E-state index contributed by atoms with van der Waals surface area (Å²) in [5.41, 5.74) is 18.8. The minimum absolute atomic E-state index is 1.10. The van der Waals surface area contributed by atoms with Crippen LogP contribution >= 0.6 is 191 Å². The maximum atomic E-state index is 3.59. The van der Waals surface area contributed by atoms with Crippen LogP contribution in [0.5, 0.6) is 0 Å². The van der Waals surface area contributed by atoms with Crippen LogP contribution in [0.3, 0.4) is 0 Å². The Bertz CT molecular complexity index is 7560. The van der Waals surface area contributed by atoms with E-state index in [-0.39, 0.29) is 0 Å². The lowest BCUT2D eigenvalue weighted by Gasteiger charge is -1.96. The van der Waals surface area contributed by atoms with E-state index in [1.165, 1.54) is 141 Å². The third kappa shape index (κ3) is 16.9. The van der Waals surface area contributed by atoms with Crippen molar-refractivity contribution in [1.29, 1.82) is 0 Å². The number of aromatic nitrogens is 8. The number of rotatable bonds is 0. The summed E-state index contributed by atoms with van der Waals surface area (Å²) in [6.07, 6.45) is 0. The Kier molecular flexibility index (Phi) is 24.4. The zero-order valence-electron chi connectivity index (χ0n) is 60.6. The molecule has 16 aromatic carbocycles. The second kappa shape index (κ2) is 35.3. The second-order valence-corrected chi connectivity index (χ2v) is 37.9. The van der Waals surface area contributed by atoms with E-state index < -0.39 is 0 Å². The fourth-order valence-electron chi connectivity index (χ4n) is 14.8. The fourth-order valence-corrected chi connectivity index (χ4v) is 20.1. The van der Waals surface area contributed by atoms with Gasteiger partial charge in [0.1, 0.15) is 0 Å². The number of H-pyrrole nitrogens is 8. The molecule has 0 amide bonds. The molecule has 24 aromatic rings. The number of nitrogens with one attached hydrogen (secondary N) is 8. The Morgan fingerprint density at radius 3 is 0.776 bits per heavy atom. The Morgan fingerprint density at radius 2 is 0.353 bits per heavy atom. The minimum atomic E-state index is 1.10. The van der Waals surface area contributed by atoms with Crippen molar-refractivity contribution in [1.82, 2.24) is 39.9 Å². The van der Waals surface area contributed by atoms with E-state index in [1.54, 1.807) is 0 Å². The van der Waals surface area contributed by atoms with E-state index in [1.807, 2.05) is 66.7 Å². The minimum Gasteiger partial charge on any atom is -0.355 e. The van der Waals surface area contributed by atoms with Crippen LogP contribution in [0.4, 0.5) is 0 Å². The first-order chi connectivity index (χ1) is 56.4. The maximum Gasteiger partial charge on any atom is 0.0609 e. The summed E-state index contributed by atoms with van der Waals surface area (Å²) < 4.78 is 13.3. The molecule has 0 aliphatic rings. The summed E-state index contributed by atoms with van der Waals surface area (Å²) in [5.74, 6) is 0. The van der Waals surface area contributed by atoms with Crippen molar-refractivity contribution in [2.75, 3.05) is 0 Å². The lowest BCUT2D eigenvalue weighted by Crippen LogP contribution is -1.70. The average Bonchev–Trinajstić information content (AvgIpc) is 1.62. The third-order valence-electron chi connectivity index (χ3n) is 20.1. The lowest BCUT2D eigenvalue weighted by atomic mass is 10.1. The summed E-state index contributed by atoms with van der Waals surface area (Å²) in [6, 6.07) is 108. The largest absolute Gasteiger partial charge is 0.355 e. The first-order valence-corrected chi connectivity index (χ1v) is 46.0. The highest BCUT2D eigenvalue weighted by Crippen LogP contribution is 2.40. The lowest BCUT2D eigenvalue weighted by molar-refractivity contribution is 1.51. The molecule has 0 atom stereocenters. The highest BCUT2D eigenvalue weighted by molar-refractivity contribution is 9.12. The van der Waals surface area contributed by atoms with E-state index in [0.29, 0.717) is 0 Å². The molecule has 24 rings (SSSR count). The van der Waals surface area contributed by atoms with Crippen molar-refractivity contribution in [3.63, 3.8) is 0 Å². The van der Waals surface area contributed by atoms with Gasteiger partial charge < -0.3 is 39.9 Å². The molecule has 0 spiro atoms. The molecule has 0 aliphatic heterocycles. The van der Waals surface area contributed by atoms with Crippen LogP contribution in [0.1, 0.15) is 0 Å². The fraction of sp³-hybridized carbons (Fsp3) is 0. The molecular weight excluding hydrogens is 2220 g/mol. The van der Waals surface area contributed by atoms with Crippen molar-refractivity contribution in [3.05, 3.63) is 369 Å². The summed E-state index contributed by atoms with van der Waals surface area (Å²) >= 11 is 42.3. The van der Waals surface area contributed by atoms with Crippen LogP contribution in [-0.2, 0) is 0 Å². The van der Waals surface area contributed by atoms with Gasteiger partial charge >= 0.3 is 0 Å². The molecule has 0 bridgehead atoms. The smallest absolute Gasteiger partial charge is 0.0609 e. The van der Waals surface area contributed by atoms with Gasteiger partial charge in [-0.05, 0) is 218 Å². The number of hydrogen-bond acceptors (Lipinski definition) is 0. The van der Waals surface area contributed by atoms with E-state index in [4.69, 9.17) is 0 Å². The molecule has 8 N–H and O–H groups in total. The van der Waals surface area contributed by atoms with Crippen molar-refractivity contribution in [3.8, 4) is 0 Å². The van der Waals surface area contributed by atoms with Crippen molar-refractivity contribution in [2.24, 2.45) is 0 Å². The summed E-state index contributed by atoms with van der Waals surface area (Å²) in [7, 11) is 0. The Balaban J connectivity index is 0.0000000954. The van der Waals surface area contributed by atoms with E-state index in [9.17, 15) is 0 Å². The van der Waals surface area contributed by atoms with Gasteiger partial charge in [0.15, 0.2) is 0 Å². The maximum absolute atomic E-state index is 3.59. The average molecular weight is 2280 g/mol. The Morgan fingerprint density at radius 1 is 0.129 bits per heavy atom. The molecule has 0 saturated heterocycles. The van der Waals surface area contributed by atoms with Gasteiger partial charge in [-0.2, -0.15) is 0 Å². The molecule has 8 heterocycles. The van der Waals surface area contributed by atoms with Crippen molar-refractivity contribution in [2.45, 2.75) is 0 Å². The highest BCUT2D eigenvalue weighted by Gasteiger charge is 2.14. The summed E-state index contributed by atoms with van der Waals surface area (Å²) in [4.78, 5) is 27.2. The molecule has 568 valence electrons. The first kappa shape index (κ1) is 80.1. The molecule has 0 aliphatic carbocycles. The molecule has 0 unspecified atom stereocenters. The first-order valence-electron chi connectivity index (χ1n) is 36.5. The normalized spacial score (nSPS) is 11.3. The summed E-state index contributed by atoms with van der Waals surface area (Å²) in [6.45, 7) is 0. The topological polar surface area (TPSA) is 126 Å². The van der Waals surface area contributed by atoms with Crippen molar-refractivity contribution >= 4 is 366 Å². The third-order valence-corrected chi connectivity index (χ3v) is 27.0. The second-order valence-electron chi connectivity index (χ2n) is 27.3. The van der Waals surface area contributed by atoms with Crippen LogP contribution in [0.15, 0.2) is 369 Å². The Hall–Kier alpha value is -8.32. The van der Waals surface area contributed by atoms with E-state index in [2.05, 4.69) is 480 Å². The van der Waals surface area contributed by atoms with Gasteiger partial charge in [-0.15, -0.1) is 0 Å². The molecule has 0 saturated carbocycles. The van der Waals surface area contributed by atoms with Crippen molar-refractivity contribution < 1.29 is 0 Å². The molecule has 0 radical (unpaired) electrons. The van der Waals surface area contributed by atoms with Crippen LogP contribution < -0.4 is 0 Å². The molecule has 8 nitrogen and oxygen atoms in total. The molecular formula is C96H60Br12N8. The predicted molar refractivity (Wildman–Crippen MR) is 539 cm³/mol. The number of halogens is 12. The van der Waals surface area contributed by atoms with E-state index >= 15 is 0 Å². The van der Waals surface area contributed by atoms with Crippen LogP contribution in [0.2, 0.25) is 0 Å². The molecule has 20 heteroatoms. The van der Waals surface area contributed by atoms with Gasteiger partial charge in [0.25, 0.3) is 0 Å². The van der Waals surface area contributed by atoms with Gasteiger partial charge in [-0.1, -0.05) is 289 Å². The Labute approximate surface area is 765 Å². The van der Waals surface area contributed by atoms with Crippen LogP contribution in [0, 0.1) is 0 Å². The SMILES string of the molecule is Brc1ccc2[nH]c3ccc(Br)cc3c2c1.Brc1ccc2[nH]c3ccccc3c2c1.Brc1ccc2c(c1)[nH]c1cc(Br)ccc12.Brc1ccc2c(c1)[nH]c1ccccc12.Brc1cccc2[nH]c3cccc(Br)c3c12.Brc1cccc2[nH]c3ccccc3c12.Brc1cccc2c1[nH]c1c(Br)cccc12.Brc1cccc2c1[nH]c1ccccc12. The number of aromatic amines is 8. The summed E-state index contributed by atoms with van der Waals surface area (Å²) in [5, 5.41) is 20.2. The molecule has 0 fully saturated rings. The monoisotopic (exact) mass is 2270 g/mol. The molecule has 8 aromatic heterocycles. The highest BCUT2D eigenvalue weighted by atomic mass is 79.9. The number of hydrogen-bond donors (Lipinski definition) is 8. The quantitative estimate of drug-likeness (QED) is 0.0737. The van der Waals surface area contributed by atoms with Gasteiger partial charge in [-0.25, -0.2) is 0 Å².